The van der Waals surface area contributed by atoms with E-state index in [1.54, 1.807) is 0 Å². The van der Waals surface area contributed by atoms with Crippen molar-refractivity contribution >= 4 is 17.9 Å². The lowest BCUT2D eigenvalue weighted by molar-refractivity contribution is -0.123. The molecule has 2 N–H and O–H groups in total. The third-order valence-electron chi connectivity index (χ3n) is 0.651. The van der Waals surface area contributed by atoms with Gasteiger partial charge in [-0.1, -0.05) is 5.16 Å². The summed E-state index contributed by atoms with van der Waals surface area (Å²) in [6.45, 7) is 0. The number of nitrogens with two attached hydrogens (primary N) is 1. The van der Waals surface area contributed by atoms with Crippen LogP contribution in [0, 0.1) is 0 Å². The zero-order chi connectivity index (χ0) is 7.98. The van der Waals surface area contributed by atoms with E-state index >= 15 is 0 Å². The van der Waals surface area contributed by atoms with E-state index in [9.17, 15) is 9.59 Å². The summed E-state index contributed by atoms with van der Waals surface area (Å²) in [6, 6.07) is 0. The van der Waals surface area contributed by atoms with Crippen LogP contribution in [-0.4, -0.2) is 25.0 Å². The maximum atomic E-state index is 10.5. The molecule has 0 aromatic carbocycles. The smallest absolute Gasteiger partial charge is 0.225 e. The lowest BCUT2D eigenvalue weighted by atomic mass is 10.3. The third-order valence-corrected chi connectivity index (χ3v) is 0.651. The molecule has 0 aromatic rings. The summed E-state index contributed by atoms with van der Waals surface area (Å²) >= 11 is 0. The first kappa shape index (κ1) is 8.61. The van der Waals surface area contributed by atoms with Gasteiger partial charge in [0.15, 0.2) is 5.78 Å². The van der Waals surface area contributed by atoms with Gasteiger partial charge < -0.3 is 10.6 Å². The number of primary amides is 1. The Labute approximate surface area is 57.8 Å². The van der Waals surface area contributed by atoms with Crippen molar-refractivity contribution in [3.63, 3.8) is 0 Å². The van der Waals surface area contributed by atoms with Gasteiger partial charge in [-0.3, -0.25) is 9.59 Å². The van der Waals surface area contributed by atoms with Crippen molar-refractivity contribution in [2.75, 3.05) is 7.11 Å². The summed E-state index contributed by atoms with van der Waals surface area (Å²) in [4.78, 5) is 24.7. The van der Waals surface area contributed by atoms with Gasteiger partial charge in [-0.25, -0.2) is 0 Å². The maximum absolute atomic E-state index is 10.5. The van der Waals surface area contributed by atoms with Gasteiger partial charge in [-0.15, -0.1) is 0 Å². The number of hydrogen-bond donors (Lipinski definition) is 1. The molecular formula is C5H8N2O3. The summed E-state index contributed by atoms with van der Waals surface area (Å²) in [6.07, 6.45) is 0.581. The van der Waals surface area contributed by atoms with Gasteiger partial charge in [0, 0.05) is 0 Å². The molecule has 0 aliphatic rings. The number of carbonyl (C=O) groups is 2. The van der Waals surface area contributed by atoms with Crippen LogP contribution in [0.1, 0.15) is 6.42 Å². The van der Waals surface area contributed by atoms with Crippen molar-refractivity contribution in [1.82, 2.24) is 0 Å². The highest BCUT2D eigenvalue weighted by atomic mass is 16.6. The van der Waals surface area contributed by atoms with Crippen molar-refractivity contribution in [1.29, 1.82) is 0 Å². The van der Waals surface area contributed by atoms with Crippen LogP contribution in [0.5, 0.6) is 0 Å². The number of Topliss-reactive ketones (excluding diaryl/α,β-unsaturated/α-hetero) is 1. The van der Waals surface area contributed by atoms with Crippen molar-refractivity contribution in [3.8, 4) is 0 Å². The normalized spacial score (nSPS) is 9.70. The van der Waals surface area contributed by atoms with Gasteiger partial charge in [-0.2, -0.15) is 0 Å². The van der Waals surface area contributed by atoms with Gasteiger partial charge in [0.2, 0.25) is 5.91 Å². The Morgan fingerprint density at radius 2 is 2.30 bits per heavy atom. The minimum Gasteiger partial charge on any atom is -0.399 e. The van der Waals surface area contributed by atoms with Crippen LogP contribution in [0.3, 0.4) is 0 Å². The van der Waals surface area contributed by atoms with Gasteiger partial charge in [0.25, 0.3) is 0 Å². The molecule has 10 heavy (non-hydrogen) atoms. The first-order valence-corrected chi connectivity index (χ1v) is 2.54. The highest BCUT2D eigenvalue weighted by Gasteiger charge is 2.01. The number of rotatable bonds is 4. The van der Waals surface area contributed by atoms with Gasteiger partial charge >= 0.3 is 0 Å². The number of amides is 1. The summed E-state index contributed by atoms with van der Waals surface area (Å²) in [5.41, 5.74) is 4.70. The lowest BCUT2D eigenvalue weighted by Gasteiger charge is -1.86. The zero-order valence-corrected chi connectivity index (χ0v) is 5.53. The van der Waals surface area contributed by atoms with Crippen molar-refractivity contribution in [3.05, 3.63) is 0 Å². The number of carbonyl (C=O) groups excluding carboxylic acids is 2. The molecule has 56 valence electrons. The summed E-state index contributed by atoms with van der Waals surface area (Å²) in [5.74, 6) is -1.14. The fourth-order valence-corrected chi connectivity index (χ4v) is 0.329. The van der Waals surface area contributed by atoms with Gasteiger partial charge in [0.05, 0.1) is 6.42 Å². The second kappa shape index (κ2) is 4.49. The molecule has 0 saturated carbocycles. The third kappa shape index (κ3) is 4.76. The molecule has 0 atom stereocenters. The molecule has 0 aliphatic carbocycles. The van der Waals surface area contributed by atoms with E-state index in [2.05, 4.69) is 9.99 Å². The van der Waals surface area contributed by atoms with Gasteiger partial charge in [-0.05, 0) is 0 Å². The molecule has 0 heterocycles. The molecule has 1 amide bonds. The summed E-state index contributed by atoms with van der Waals surface area (Å²) in [7, 11) is 1.30. The standard InChI is InChI=1S/C5H8N2O3/c1-10-7-3-4(8)2-5(6)9/h3H,2H2,1H3,(H2,6,9)/b7-3+. The fourth-order valence-electron chi connectivity index (χ4n) is 0.329. The van der Waals surface area contributed by atoms with E-state index in [4.69, 9.17) is 5.73 Å². The van der Waals surface area contributed by atoms with E-state index in [0.29, 0.717) is 0 Å². The SMILES string of the molecule is CO/N=C/C(=O)CC(N)=O. The van der Waals surface area contributed by atoms with Gasteiger partial charge in [0.1, 0.15) is 13.3 Å². The van der Waals surface area contributed by atoms with Crippen LogP contribution in [-0.2, 0) is 14.4 Å². The largest absolute Gasteiger partial charge is 0.399 e. The number of hydrogen-bond acceptors (Lipinski definition) is 4. The maximum Gasteiger partial charge on any atom is 0.225 e. The molecule has 0 saturated heterocycles. The Kier molecular flexibility index (Phi) is 3.86. The highest BCUT2D eigenvalue weighted by molar-refractivity contribution is 6.31. The predicted molar refractivity (Wildman–Crippen MR) is 34.3 cm³/mol. The molecule has 0 bridgehead atoms. The van der Waals surface area contributed by atoms with Crippen LogP contribution >= 0.6 is 0 Å². The monoisotopic (exact) mass is 144 g/mol. The second-order valence-corrected chi connectivity index (χ2v) is 1.53. The van der Waals surface area contributed by atoms with E-state index in [0.717, 1.165) is 6.21 Å². The average Bonchev–Trinajstić information content (AvgIpc) is 1.82. The van der Waals surface area contributed by atoms with Crippen LogP contribution in [0.2, 0.25) is 0 Å². The van der Waals surface area contributed by atoms with E-state index in [1.807, 2.05) is 0 Å². The fraction of sp³-hybridized carbons (Fsp3) is 0.400. The number of nitrogens with zero attached hydrogens (tertiary/aromatic N) is 1. The van der Waals surface area contributed by atoms with Crippen LogP contribution in [0.15, 0.2) is 5.16 Å². The minimum absolute atomic E-state index is 0.327. The molecule has 5 heteroatoms. The van der Waals surface area contributed by atoms with Crippen LogP contribution in [0.25, 0.3) is 0 Å². The predicted octanol–water partition coefficient (Wildman–Crippen LogP) is -0.937. The van der Waals surface area contributed by atoms with E-state index in [-0.39, 0.29) is 6.42 Å². The quantitative estimate of drug-likeness (QED) is 0.314. The molecular weight excluding hydrogens is 136 g/mol. The summed E-state index contributed by atoms with van der Waals surface area (Å²) in [5, 5.41) is 3.14. The second-order valence-electron chi connectivity index (χ2n) is 1.53. The lowest BCUT2D eigenvalue weighted by Crippen LogP contribution is -2.16. The Morgan fingerprint density at radius 3 is 2.70 bits per heavy atom. The minimum atomic E-state index is -0.674. The Hall–Kier alpha value is -1.39. The van der Waals surface area contributed by atoms with E-state index < -0.39 is 11.7 Å². The number of ketones is 1. The van der Waals surface area contributed by atoms with Crippen molar-refractivity contribution in [2.24, 2.45) is 10.9 Å². The highest BCUT2D eigenvalue weighted by Crippen LogP contribution is 1.77. The molecule has 5 nitrogen and oxygen atoms in total. The average molecular weight is 144 g/mol. The molecule has 0 aromatic heterocycles. The molecule has 0 unspecified atom stereocenters. The first-order valence-electron chi connectivity index (χ1n) is 2.54. The van der Waals surface area contributed by atoms with Crippen molar-refractivity contribution in [2.45, 2.75) is 6.42 Å². The molecule has 0 fully saturated rings. The topological polar surface area (TPSA) is 81.8 Å². The van der Waals surface area contributed by atoms with Crippen LogP contribution in [0.4, 0.5) is 0 Å². The Morgan fingerprint density at radius 1 is 1.70 bits per heavy atom. The molecule has 0 spiro atoms. The molecule has 0 aliphatic heterocycles. The Bertz CT molecular complexity index is 164. The Balaban J connectivity index is 3.64. The van der Waals surface area contributed by atoms with Crippen LogP contribution < -0.4 is 5.73 Å². The molecule has 0 radical (unpaired) electrons. The van der Waals surface area contributed by atoms with Crippen molar-refractivity contribution < 1.29 is 14.4 Å². The zero-order valence-electron chi connectivity index (χ0n) is 5.53. The number of oxime groups is 1. The summed E-state index contributed by atoms with van der Waals surface area (Å²) < 4.78 is 0. The molecule has 0 rings (SSSR count). The first-order chi connectivity index (χ1) is 4.66. The van der Waals surface area contributed by atoms with E-state index in [1.165, 1.54) is 7.11 Å².